The van der Waals surface area contributed by atoms with Gasteiger partial charge in [-0.25, -0.2) is 4.68 Å². The average Bonchev–Trinajstić information content (AvgIpc) is 2.61. The highest BCUT2D eigenvalue weighted by atomic mass is 79.9. The van der Waals surface area contributed by atoms with Crippen LogP contribution >= 0.6 is 15.9 Å². The van der Waals surface area contributed by atoms with Gasteiger partial charge in [-0.15, -0.1) is 0 Å². The molecular weight excluding hydrogens is 256 g/mol. The number of hydrogen-bond donors (Lipinski definition) is 1. The first kappa shape index (κ1) is 10.4. The summed E-state index contributed by atoms with van der Waals surface area (Å²) >= 11 is 3.38. The summed E-state index contributed by atoms with van der Waals surface area (Å²) in [6, 6.07) is 9.69. The van der Waals surface area contributed by atoms with Crippen LogP contribution in [0.15, 0.2) is 34.8 Å². The van der Waals surface area contributed by atoms with Crippen molar-refractivity contribution in [3.63, 3.8) is 0 Å². The zero-order valence-corrected chi connectivity index (χ0v) is 9.90. The van der Waals surface area contributed by atoms with Crippen LogP contribution in [0.2, 0.25) is 0 Å². The summed E-state index contributed by atoms with van der Waals surface area (Å²) in [7, 11) is 0. The molecule has 4 heteroatoms. The van der Waals surface area contributed by atoms with Crippen molar-refractivity contribution >= 4 is 15.9 Å². The van der Waals surface area contributed by atoms with Crippen LogP contribution in [-0.4, -0.2) is 14.9 Å². The first-order valence-electron chi connectivity index (χ1n) is 4.63. The Bertz CT molecular complexity index is 462. The van der Waals surface area contributed by atoms with Gasteiger partial charge in [-0.3, -0.25) is 0 Å². The number of aryl methyl sites for hydroxylation is 1. The van der Waals surface area contributed by atoms with E-state index in [1.165, 1.54) is 0 Å². The number of aliphatic hydroxyl groups is 1. The van der Waals surface area contributed by atoms with Crippen LogP contribution in [-0.2, 0) is 6.61 Å². The molecule has 0 bridgehead atoms. The minimum atomic E-state index is -0.00307. The van der Waals surface area contributed by atoms with E-state index >= 15 is 0 Å². The van der Waals surface area contributed by atoms with E-state index in [0.29, 0.717) is 0 Å². The fraction of sp³-hybridized carbons (Fsp3) is 0.182. The number of benzene rings is 1. The molecule has 0 saturated carbocycles. The molecule has 1 N–H and O–H groups in total. The first-order valence-corrected chi connectivity index (χ1v) is 5.42. The van der Waals surface area contributed by atoms with Crippen LogP contribution in [0, 0.1) is 6.92 Å². The van der Waals surface area contributed by atoms with E-state index in [-0.39, 0.29) is 6.61 Å². The van der Waals surface area contributed by atoms with E-state index in [0.717, 1.165) is 21.5 Å². The Labute approximate surface area is 96.5 Å². The molecule has 1 heterocycles. The maximum Gasteiger partial charge on any atom is 0.0854 e. The normalized spacial score (nSPS) is 10.6. The summed E-state index contributed by atoms with van der Waals surface area (Å²) in [4.78, 5) is 0. The molecule has 0 aliphatic carbocycles. The molecule has 0 unspecified atom stereocenters. The third-order valence-electron chi connectivity index (χ3n) is 2.14. The van der Waals surface area contributed by atoms with Gasteiger partial charge >= 0.3 is 0 Å². The lowest BCUT2D eigenvalue weighted by Crippen LogP contribution is -2.01. The predicted molar refractivity (Wildman–Crippen MR) is 61.9 cm³/mol. The Morgan fingerprint density at radius 2 is 2.00 bits per heavy atom. The smallest absolute Gasteiger partial charge is 0.0854 e. The Morgan fingerprint density at radius 3 is 2.60 bits per heavy atom. The van der Waals surface area contributed by atoms with Crippen LogP contribution in [0.1, 0.15) is 11.4 Å². The van der Waals surface area contributed by atoms with Gasteiger partial charge in [0.25, 0.3) is 0 Å². The molecule has 1 aromatic heterocycles. The number of halogens is 1. The van der Waals surface area contributed by atoms with Gasteiger partial charge in [-0.05, 0) is 37.3 Å². The van der Waals surface area contributed by atoms with Crippen molar-refractivity contribution in [1.29, 1.82) is 0 Å². The van der Waals surface area contributed by atoms with Crippen molar-refractivity contribution in [1.82, 2.24) is 9.78 Å². The number of nitrogens with zero attached hydrogens (tertiary/aromatic N) is 2. The maximum absolute atomic E-state index is 9.18. The van der Waals surface area contributed by atoms with Gasteiger partial charge in [0.2, 0.25) is 0 Å². The van der Waals surface area contributed by atoms with Crippen LogP contribution < -0.4 is 0 Å². The summed E-state index contributed by atoms with van der Waals surface area (Å²) in [5, 5.41) is 13.5. The highest BCUT2D eigenvalue weighted by Gasteiger charge is 2.05. The standard InChI is InChI=1S/C11H11BrN2O/c1-8-6-11(7-15)14(13-8)10-4-2-9(12)3-5-10/h2-6,15H,7H2,1H3. The highest BCUT2D eigenvalue weighted by Crippen LogP contribution is 2.16. The van der Waals surface area contributed by atoms with Crippen molar-refractivity contribution in [2.45, 2.75) is 13.5 Å². The molecule has 2 aromatic rings. The molecule has 3 nitrogen and oxygen atoms in total. The Morgan fingerprint density at radius 1 is 1.33 bits per heavy atom. The van der Waals surface area contributed by atoms with Crippen LogP contribution in [0.5, 0.6) is 0 Å². The molecule has 1 aromatic carbocycles. The SMILES string of the molecule is Cc1cc(CO)n(-c2ccc(Br)cc2)n1. The molecule has 0 radical (unpaired) electrons. The van der Waals surface area contributed by atoms with Gasteiger partial charge < -0.3 is 5.11 Å². The van der Waals surface area contributed by atoms with E-state index in [1.807, 2.05) is 37.3 Å². The van der Waals surface area contributed by atoms with Gasteiger partial charge in [0.1, 0.15) is 0 Å². The average molecular weight is 267 g/mol. The van der Waals surface area contributed by atoms with Crippen LogP contribution in [0.3, 0.4) is 0 Å². The van der Waals surface area contributed by atoms with E-state index in [4.69, 9.17) is 0 Å². The second-order valence-electron chi connectivity index (χ2n) is 3.32. The largest absolute Gasteiger partial charge is 0.390 e. The number of rotatable bonds is 2. The first-order chi connectivity index (χ1) is 7.20. The maximum atomic E-state index is 9.18. The lowest BCUT2D eigenvalue weighted by molar-refractivity contribution is 0.273. The predicted octanol–water partition coefficient (Wildman–Crippen LogP) is 2.44. The summed E-state index contributed by atoms with van der Waals surface area (Å²) in [5.41, 5.74) is 2.66. The number of aliphatic hydroxyl groups excluding tert-OH is 1. The molecular formula is C11H11BrN2O. The summed E-state index contributed by atoms with van der Waals surface area (Å²) in [5.74, 6) is 0. The zero-order valence-electron chi connectivity index (χ0n) is 8.31. The lowest BCUT2D eigenvalue weighted by Gasteiger charge is -2.04. The molecule has 0 fully saturated rings. The van der Waals surface area contributed by atoms with E-state index in [9.17, 15) is 5.11 Å². The second kappa shape index (κ2) is 4.16. The highest BCUT2D eigenvalue weighted by molar-refractivity contribution is 9.10. The Kier molecular flexibility index (Phi) is 2.88. The molecule has 15 heavy (non-hydrogen) atoms. The molecule has 0 amide bonds. The van der Waals surface area contributed by atoms with Gasteiger partial charge in [-0.1, -0.05) is 15.9 Å². The lowest BCUT2D eigenvalue weighted by atomic mass is 10.3. The Balaban J connectivity index is 2.48. The zero-order chi connectivity index (χ0) is 10.8. The summed E-state index contributed by atoms with van der Waals surface area (Å²) in [6.07, 6.45) is 0. The van der Waals surface area contributed by atoms with Crippen molar-refractivity contribution in [2.75, 3.05) is 0 Å². The van der Waals surface area contributed by atoms with Gasteiger partial charge in [-0.2, -0.15) is 5.10 Å². The van der Waals surface area contributed by atoms with Crippen molar-refractivity contribution in [3.8, 4) is 5.69 Å². The molecule has 78 valence electrons. The van der Waals surface area contributed by atoms with E-state index in [2.05, 4.69) is 21.0 Å². The third-order valence-corrected chi connectivity index (χ3v) is 2.67. The molecule has 0 atom stereocenters. The molecule has 0 saturated heterocycles. The molecule has 0 aliphatic rings. The Hall–Kier alpha value is -1.13. The second-order valence-corrected chi connectivity index (χ2v) is 4.24. The quantitative estimate of drug-likeness (QED) is 0.907. The molecule has 0 spiro atoms. The minimum Gasteiger partial charge on any atom is -0.390 e. The third kappa shape index (κ3) is 2.11. The number of hydrogen-bond acceptors (Lipinski definition) is 2. The summed E-state index contributed by atoms with van der Waals surface area (Å²) < 4.78 is 2.78. The van der Waals surface area contributed by atoms with Gasteiger partial charge in [0, 0.05) is 4.47 Å². The van der Waals surface area contributed by atoms with E-state index in [1.54, 1.807) is 4.68 Å². The molecule has 0 aliphatic heterocycles. The summed E-state index contributed by atoms with van der Waals surface area (Å²) in [6.45, 7) is 1.91. The van der Waals surface area contributed by atoms with E-state index < -0.39 is 0 Å². The van der Waals surface area contributed by atoms with Crippen LogP contribution in [0.4, 0.5) is 0 Å². The fourth-order valence-electron chi connectivity index (χ4n) is 1.47. The van der Waals surface area contributed by atoms with Gasteiger partial charge in [0.15, 0.2) is 0 Å². The van der Waals surface area contributed by atoms with Crippen LogP contribution in [0.25, 0.3) is 5.69 Å². The topological polar surface area (TPSA) is 38.0 Å². The van der Waals surface area contributed by atoms with Crippen molar-refractivity contribution in [2.24, 2.45) is 0 Å². The van der Waals surface area contributed by atoms with Gasteiger partial charge in [0.05, 0.1) is 23.7 Å². The van der Waals surface area contributed by atoms with Crippen molar-refractivity contribution in [3.05, 3.63) is 46.2 Å². The number of aromatic nitrogens is 2. The minimum absolute atomic E-state index is 0.00307. The monoisotopic (exact) mass is 266 g/mol. The molecule has 2 rings (SSSR count). The fourth-order valence-corrected chi connectivity index (χ4v) is 1.74. The van der Waals surface area contributed by atoms with Crippen molar-refractivity contribution < 1.29 is 5.11 Å².